The number of rotatable bonds is 4. The van der Waals surface area contributed by atoms with Crippen LogP contribution in [0.3, 0.4) is 0 Å². The summed E-state index contributed by atoms with van der Waals surface area (Å²) in [5.41, 5.74) is 0.788. The maximum absolute atomic E-state index is 12.1. The second-order valence-corrected chi connectivity index (χ2v) is 5.49. The fourth-order valence-electron chi connectivity index (χ4n) is 2.80. The van der Waals surface area contributed by atoms with Crippen LogP contribution in [0.15, 0.2) is 18.3 Å². The molecule has 1 amide bonds. The highest BCUT2D eigenvalue weighted by Crippen LogP contribution is 2.17. The third-order valence-corrected chi connectivity index (χ3v) is 3.83. The molecule has 106 valence electrons. The molecule has 1 aromatic rings. The Kier molecular flexibility index (Phi) is 5.02. The van der Waals surface area contributed by atoms with Crippen molar-refractivity contribution >= 4 is 5.91 Å². The Labute approximate surface area is 114 Å². The predicted octanol–water partition coefficient (Wildman–Crippen LogP) is 2.38. The van der Waals surface area contributed by atoms with Crippen LogP contribution in [-0.2, 0) is 11.3 Å². The van der Waals surface area contributed by atoms with Crippen molar-refractivity contribution in [2.45, 2.75) is 64.1 Å². The Balaban J connectivity index is 1.88. The summed E-state index contributed by atoms with van der Waals surface area (Å²) in [6, 6.07) is 4.05. The van der Waals surface area contributed by atoms with E-state index >= 15 is 0 Å². The van der Waals surface area contributed by atoms with Crippen molar-refractivity contribution in [1.29, 1.82) is 0 Å². The van der Waals surface area contributed by atoms with Gasteiger partial charge in [-0.25, -0.2) is 0 Å². The molecule has 4 nitrogen and oxygen atoms in total. The van der Waals surface area contributed by atoms with Crippen LogP contribution in [0.4, 0.5) is 0 Å². The largest absolute Gasteiger partial charge is 0.387 e. The molecule has 1 heterocycles. The second-order valence-electron chi connectivity index (χ2n) is 5.49. The lowest BCUT2D eigenvalue weighted by atomic mass is 10.1. The highest BCUT2D eigenvalue weighted by atomic mass is 16.3. The van der Waals surface area contributed by atoms with Gasteiger partial charge in [-0.2, -0.15) is 0 Å². The van der Waals surface area contributed by atoms with Gasteiger partial charge in [0.1, 0.15) is 6.54 Å². The minimum Gasteiger partial charge on any atom is -0.387 e. The highest BCUT2D eigenvalue weighted by Gasteiger charge is 2.16. The van der Waals surface area contributed by atoms with Gasteiger partial charge in [0.15, 0.2) is 0 Å². The van der Waals surface area contributed by atoms with Crippen LogP contribution >= 0.6 is 0 Å². The minimum atomic E-state index is -0.541. The Bertz CT molecular complexity index is 404. The summed E-state index contributed by atoms with van der Waals surface area (Å²) < 4.78 is 1.82. The summed E-state index contributed by atoms with van der Waals surface area (Å²) in [4.78, 5) is 12.1. The van der Waals surface area contributed by atoms with Crippen LogP contribution in [-0.4, -0.2) is 21.6 Å². The first kappa shape index (κ1) is 14.1. The molecule has 0 aliphatic heterocycles. The first-order valence-corrected chi connectivity index (χ1v) is 7.29. The van der Waals surface area contributed by atoms with E-state index in [1.807, 2.05) is 22.9 Å². The van der Waals surface area contributed by atoms with E-state index in [0.29, 0.717) is 12.6 Å². The van der Waals surface area contributed by atoms with E-state index in [1.165, 1.54) is 25.7 Å². The Hall–Kier alpha value is -1.29. The fraction of sp³-hybridized carbons (Fsp3) is 0.667. The zero-order valence-electron chi connectivity index (χ0n) is 11.6. The quantitative estimate of drug-likeness (QED) is 0.820. The van der Waals surface area contributed by atoms with Crippen molar-refractivity contribution in [1.82, 2.24) is 9.88 Å². The number of aliphatic hydroxyl groups is 1. The minimum absolute atomic E-state index is 0.0463. The van der Waals surface area contributed by atoms with Crippen molar-refractivity contribution < 1.29 is 9.90 Å². The van der Waals surface area contributed by atoms with Crippen LogP contribution < -0.4 is 5.32 Å². The number of amides is 1. The van der Waals surface area contributed by atoms with Gasteiger partial charge in [0.05, 0.1) is 6.10 Å². The zero-order valence-corrected chi connectivity index (χ0v) is 11.6. The highest BCUT2D eigenvalue weighted by molar-refractivity contribution is 5.76. The maximum Gasteiger partial charge on any atom is 0.240 e. The molecule has 0 radical (unpaired) electrons. The second kappa shape index (κ2) is 6.75. The molecule has 1 unspecified atom stereocenters. The van der Waals surface area contributed by atoms with E-state index < -0.39 is 6.10 Å². The van der Waals surface area contributed by atoms with E-state index in [2.05, 4.69) is 5.32 Å². The molecule has 19 heavy (non-hydrogen) atoms. The molecule has 0 bridgehead atoms. The van der Waals surface area contributed by atoms with Gasteiger partial charge in [-0.3, -0.25) is 4.79 Å². The van der Waals surface area contributed by atoms with Gasteiger partial charge in [0, 0.05) is 17.9 Å². The maximum atomic E-state index is 12.1. The van der Waals surface area contributed by atoms with Crippen molar-refractivity contribution in [2.24, 2.45) is 0 Å². The monoisotopic (exact) mass is 264 g/mol. The molecule has 1 fully saturated rings. The molecule has 4 heteroatoms. The first-order valence-electron chi connectivity index (χ1n) is 7.29. The Morgan fingerprint density at radius 3 is 2.74 bits per heavy atom. The van der Waals surface area contributed by atoms with Crippen LogP contribution in [0.25, 0.3) is 0 Å². The number of aromatic nitrogens is 1. The van der Waals surface area contributed by atoms with Crippen LogP contribution in [0.5, 0.6) is 0 Å². The zero-order chi connectivity index (χ0) is 13.7. The predicted molar refractivity (Wildman–Crippen MR) is 74.7 cm³/mol. The summed E-state index contributed by atoms with van der Waals surface area (Å²) in [6.07, 6.45) is 8.50. The molecule has 1 aliphatic rings. The molecule has 1 aromatic heterocycles. The van der Waals surface area contributed by atoms with Crippen LogP contribution in [0.1, 0.15) is 57.2 Å². The van der Waals surface area contributed by atoms with E-state index in [1.54, 1.807) is 6.92 Å². The number of nitrogens with one attached hydrogen (secondary N) is 1. The van der Waals surface area contributed by atoms with Gasteiger partial charge in [0.25, 0.3) is 0 Å². The van der Waals surface area contributed by atoms with E-state index in [9.17, 15) is 9.90 Å². The fourth-order valence-corrected chi connectivity index (χ4v) is 2.80. The van der Waals surface area contributed by atoms with Gasteiger partial charge in [-0.05, 0) is 31.9 Å². The van der Waals surface area contributed by atoms with Gasteiger partial charge in [-0.1, -0.05) is 25.7 Å². The summed E-state index contributed by atoms with van der Waals surface area (Å²) >= 11 is 0. The molecule has 1 saturated carbocycles. The lowest BCUT2D eigenvalue weighted by molar-refractivity contribution is -0.122. The SMILES string of the molecule is CC(O)c1cccn1CC(=O)NC1CCCCCC1. The lowest BCUT2D eigenvalue weighted by Crippen LogP contribution is -2.36. The van der Waals surface area contributed by atoms with Gasteiger partial charge in [-0.15, -0.1) is 0 Å². The molecular weight excluding hydrogens is 240 g/mol. The number of carbonyl (C=O) groups excluding carboxylic acids is 1. The normalized spacial score (nSPS) is 18.8. The number of hydrogen-bond acceptors (Lipinski definition) is 2. The summed E-state index contributed by atoms with van der Waals surface area (Å²) in [5, 5.41) is 12.7. The van der Waals surface area contributed by atoms with Gasteiger partial charge >= 0.3 is 0 Å². The smallest absolute Gasteiger partial charge is 0.240 e. The van der Waals surface area contributed by atoms with Crippen LogP contribution in [0.2, 0.25) is 0 Å². The molecule has 0 spiro atoms. The third kappa shape index (κ3) is 4.10. The molecule has 2 rings (SSSR count). The molecule has 0 aromatic carbocycles. The molecular formula is C15H24N2O2. The topological polar surface area (TPSA) is 54.3 Å². The molecule has 2 N–H and O–H groups in total. The molecule has 1 aliphatic carbocycles. The van der Waals surface area contributed by atoms with Crippen molar-refractivity contribution in [3.8, 4) is 0 Å². The number of hydrogen-bond donors (Lipinski definition) is 2. The third-order valence-electron chi connectivity index (χ3n) is 3.83. The van der Waals surface area contributed by atoms with E-state index in [-0.39, 0.29) is 5.91 Å². The first-order chi connectivity index (χ1) is 9.16. The summed E-state index contributed by atoms with van der Waals surface area (Å²) in [6.45, 7) is 2.01. The van der Waals surface area contributed by atoms with Crippen LogP contribution in [0, 0.1) is 0 Å². The molecule has 1 atom stereocenters. The summed E-state index contributed by atoms with van der Waals surface area (Å²) in [7, 11) is 0. The average Bonchev–Trinajstić information content (AvgIpc) is 2.66. The van der Waals surface area contributed by atoms with Crippen molar-refractivity contribution in [2.75, 3.05) is 0 Å². The average molecular weight is 264 g/mol. The number of nitrogens with zero attached hydrogens (tertiary/aromatic N) is 1. The van der Waals surface area contributed by atoms with Crippen molar-refractivity contribution in [3.05, 3.63) is 24.0 Å². The van der Waals surface area contributed by atoms with Crippen molar-refractivity contribution in [3.63, 3.8) is 0 Å². The number of aliphatic hydroxyl groups excluding tert-OH is 1. The standard InChI is InChI=1S/C15H24N2O2/c1-12(18)14-9-6-10-17(14)11-15(19)16-13-7-4-2-3-5-8-13/h6,9-10,12-13,18H,2-5,7-8,11H2,1H3,(H,16,19). The Morgan fingerprint density at radius 2 is 2.11 bits per heavy atom. The van der Waals surface area contributed by atoms with Gasteiger partial charge < -0.3 is 15.0 Å². The lowest BCUT2D eigenvalue weighted by Gasteiger charge is -2.17. The van der Waals surface area contributed by atoms with E-state index in [0.717, 1.165) is 18.5 Å². The van der Waals surface area contributed by atoms with E-state index in [4.69, 9.17) is 0 Å². The summed E-state index contributed by atoms with van der Waals surface area (Å²) in [5.74, 6) is 0.0463. The molecule has 0 saturated heterocycles. The Morgan fingerprint density at radius 1 is 1.42 bits per heavy atom. The number of carbonyl (C=O) groups is 1. The van der Waals surface area contributed by atoms with Gasteiger partial charge in [0.2, 0.25) is 5.91 Å².